The topological polar surface area (TPSA) is 66.9 Å². The first-order valence-corrected chi connectivity index (χ1v) is 11.3. The van der Waals surface area contributed by atoms with Gasteiger partial charge in [0, 0.05) is 36.9 Å². The maximum absolute atomic E-state index is 9.50. The van der Waals surface area contributed by atoms with E-state index in [-0.39, 0.29) is 18.7 Å². The number of anilines is 1. The highest BCUT2D eigenvalue weighted by Gasteiger charge is 2.20. The second-order valence-electron chi connectivity index (χ2n) is 8.09. The summed E-state index contributed by atoms with van der Waals surface area (Å²) in [4.78, 5) is 6.97. The van der Waals surface area contributed by atoms with E-state index in [1.54, 1.807) is 20.4 Å². The maximum atomic E-state index is 9.50. The van der Waals surface area contributed by atoms with Crippen LogP contribution in [0, 0.1) is 0 Å². The largest absolute Gasteiger partial charge is 0.497 e. The first kappa shape index (κ1) is 24.8. The Morgan fingerprint density at radius 2 is 1.45 bits per heavy atom. The molecular formula is C26H32ClN3O3. The molecule has 0 bridgehead atoms. The van der Waals surface area contributed by atoms with Crippen molar-refractivity contribution in [2.24, 2.45) is 0 Å². The number of benzene rings is 2. The van der Waals surface area contributed by atoms with E-state index in [1.165, 1.54) is 0 Å². The van der Waals surface area contributed by atoms with Crippen molar-refractivity contribution in [2.45, 2.75) is 39.0 Å². The Labute approximate surface area is 201 Å². The standard InChI is InChI=1S/C26H32ClN3O3/c1-18(17-31)29-19(2)25-13-22(27)14-28-26(25)30(15-20-5-9-23(32-3)10-6-20)16-21-7-11-24(33-4)12-8-21/h5-14,18-19,29,31H,15-17H2,1-4H3/t18-,19?/m0/s1. The van der Waals surface area contributed by atoms with Crippen LogP contribution in [0.1, 0.15) is 36.6 Å². The van der Waals surface area contributed by atoms with Gasteiger partial charge in [-0.3, -0.25) is 0 Å². The predicted molar refractivity (Wildman–Crippen MR) is 133 cm³/mol. The predicted octanol–water partition coefficient (Wildman–Crippen LogP) is 4.99. The summed E-state index contributed by atoms with van der Waals surface area (Å²) in [5.74, 6) is 2.49. The van der Waals surface area contributed by atoms with E-state index in [1.807, 2.05) is 37.3 Å². The van der Waals surface area contributed by atoms with Gasteiger partial charge in [0.1, 0.15) is 17.3 Å². The highest BCUT2D eigenvalue weighted by atomic mass is 35.5. The van der Waals surface area contributed by atoms with Gasteiger partial charge in [0.25, 0.3) is 0 Å². The lowest BCUT2D eigenvalue weighted by atomic mass is 10.1. The average Bonchev–Trinajstić information content (AvgIpc) is 2.84. The Hall–Kier alpha value is -2.80. The lowest BCUT2D eigenvalue weighted by molar-refractivity contribution is 0.243. The van der Waals surface area contributed by atoms with Gasteiger partial charge in [-0.2, -0.15) is 0 Å². The number of aromatic nitrogens is 1. The summed E-state index contributed by atoms with van der Waals surface area (Å²) < 4.78 is 10.6. The van der Waals surface area contributed by atoms with Gasteiger partial charge in [-0.25, -0.2) is 4.98 Å². The van der Waals surface area contributed by atoms with Crippen LogP contribution >= 0.6 is 11.6 Å². The zero-order valence-corrected chi connectivity index (χ0v) is 20.3. The number of hydrogen-bond donors (Lipinski definition) is 2. The van der Waals surface area contributed by atoms with Crippen LogP contribution < -0.4 is 19.7 Å². The molecule has 0 saturated carbocycles. The highest BCUT2D eigenvalue weighted by Crippen LogP contribution is 2.30. The minimum atomic E-state index is -0.0532. The summed E-state index contributed by atoms with van der Waals surface area (Å²) >= 11 is 6.34. The number of nitrogens with zero attached hydrogens (tertiary/aromatic N) is 2. The molecule has 3 aromatic rings. The van der Waals surface area contributed by atoms with E-state index in [4.69, 9.17) is 26.1 Å². The highest BCUT2D eigenvalue weighted by molar-refractivity contribution is 6.30. The summed E-state index contributed by atoms with van der Waals surface area (Å²) in [5.41, 5.74) is 3.25. The molecule has 1 heterocycles. The monoisotopic (exact) mass is 469 g/mol. The minimum Gasteiger partial charge on any atom is -0.497 e. The van der Waals surface area contributed by atoms with E-state index in [9.17, 15) is 5.11 Å². The number of halogens is 1. The Morgan fingerprint density at radius 1 is 0.939 bits per heavy atom. The van der Waals surface area contributed by atoms with Crippen LogP contribution in [0.15, 0.2) is 60.8 Å². The van der Waals surface area contributed by atoms with Gasteiger partial charge in [-0.05, 0) is 55.3 Å². The second-order valence-corrected chi connectivity index (χ2v) is 8.53. The molecule has 0 aliphatic rings. The van der Waals surface area contributed by atoms with Crippen LogP contribution in [0.5, 0.6) is 11.5 Å². The molecular weight excluding hydrogens is 438 g/mol. The summed E-state index contributed by atoms with van der Waals surface area (Å²) in [6.45, 7) is 5.36. The van der Waals surface area contributed by atoms with Gasteiger partial charge < -0.3 is 24.8 Å². The molecule has 0 amide bonds. The Bertz CT molecular complexity index is 963. The molecule has 1 unspecified atom stereocenters. The number of methoxy groups -OCH3 is 2. The van der Waals surface area contributed by atoms with E-state index >= 15 is 0 Å². The number of nitrogens with one attached hydrogen (secondary N) is 1. The summed E-state index contributed by atoms with van der Waals surface area (Å²) in [5, 5.41) is 13.5. The van der Waals surface area contributed by atoms with E-state index in [0.717, 1.165) is 34.0 Å². The fraction of sp³-hybridized carbons (Fsp3) is 0.346. The van der Waals surface area contributed by atoms with Crippen molar-refractivity contribution in [1.29, 1.82) is 0 Å². The lowest BCUT2D eigenvalue weighted by Crippen LogP contribution is -2.33. The van der Waals surface area contributed by atoms with Crippen molar-refractivity contribution in [3.63, 3.8) is 0 Å². The quantitative estimate of drug-likeness (QED) is 0.412. The van der Waals surface area contributed by atoms with Crippen molar-refractivity contribution < 1.29 is 14.6 Å². The van der Waals surface area contributed by atoms with Crippen molar-refractivity contribution in [3.05, 3.63) is 82.5 Å². The molecule has 33 heavy (non-hydrogen) atoms. The minimum absolute atomic E-state index is 0.0507. The number of hydrogen-bond acceptors (Lipinski definition) is 6. The van der Waals surface area contributed by atoms with Gasteiger partial charge in [0.15, 0.2) is 0 Å². The molecule has 1 aromatic heterocycles. The number of pyridine rings is 1. The zero-order valence-electron chi connectivity index (χ0n) is 19.6. The third-order valence-electron chi connectivity index (χ3n) is 5.50. The third-order valence-corrected chi connectivity index (χ3v) is 5.71. The summed E-state index contributed by atoms with van der Waals surface area (Å²) in [6, 6.07) is 17.9. The average molecular weight is 470 g/mol. The molecule has 0 saturated heterocycles. The number of ether oxygens (including phenoxy) is 2. The van der Waals surface area contributed by atoms with Crippen molar-refractivity contribution in [1.82, 2.24) is 10.3 Å². The molecule has 0 radical (unpaired) electrons. The SMILES string of the molecule is COc1ccc(CN(Cc2ccc(OC)cc2)c2ncc(Cl)cc2C(C)N[C@@H](C)CO)cc1. The lowest BCUT2D eigenvalue weighted by Gasteiger charge is -2.29. The first-order chi connectivity index (χ1) is 15.9. The molecule has 6 nitrogen and oxygen atoms in total. The van der Waals surface area contributed by atoms with E-state index < -0.39 is 0 Å². The normalized spacial score (nSPS) is 12.8. The molecule has 0 fully saturated rings. The molecule has 0 spiro atoms. The molecule has 2 N–H and O–H groups in total. The van der Waals surface area contributed by atoms with Gasteiger partial charge in [0.05, 0.1) is 25.8 Å². The van der Waals surface area contributed by atoms with Gasteiger partial charge in [-0.15, -0.1) is 0 Å². The summed E-state index contributed by atoms with van der Waals surface area (Å²) in [6.07, 6.45) is 1.68. The van der Waals surface area contributed by atoms with Crippen LogP contribution in [-0.2, 0) is 13.1 Å². The van der Waals surface area contributed by atoms with Crippen molar-refractivity contribution in [2.75, 3.05) is 25.7 Å². The first-order valence-electron chi connectivity index (χ1n) is 11.0. The number of aliphatic hydroxyl groups is 1. The molecule has 0 aliphatic carbocycles. The Balaban J connectivity index is 1.97. The van der Waals surface area contributed by atoms with Gasteiger partial charge in [0.2, 0.25) is 0 Å². The van der Waals surface area contributed by atoms with Crippen LogP contribution in [-0.4, -0.2) is 37.0 Å². The fourth-order valence-corrected chi connectivity index (χ4v) is 3.87. The molecule has 0 aliphatic heterocycles. The smallest absolute Gasteiger partial charge is 0.134 e. The number of rotatable bonds is 11. The second kappa shape index (κ2) is 11.9. The zero-order chi connectivity index (χ0) is 23.8. The van der Waals surface area contributed by atoms with Gasteiger partial charge in [-0.1, -0.05) is 35.9 Å². The fourth-order valence-electron chi connectivity index (χ4n) is 3.71. The van der Waals surface area contributed by atoms with E-state index in [0.29, 0.717) is 18.1 Å². The molecule has 176 valence electrons. The van der Waals surface area contributed by atoms with Gasteiger partial charge >= 0.3 is 0 Å². The summed E-state index contributed by atoms with van der Waals surface area (Å²) in [7, 11) is 3.33. The van der Waals surface area contributed by atoms with Crippen LogP contribution in [0.25, 0.3) is 0 Å². The molecule has 2 aromatic carbocycles. The third kappa shape index (κ3) is 6.84. The maximum Gasteiger partial charge on any atom is 0.134 e. The van der Waals surface area contributed by atoms with Crippen LogP contribution in [0.4, 0.5) is 5.82 Å². The Morgan fingerprint density at radius 3 is 1.91 bits per heavy atom. The van der Waals surface area contributed by atoms with Crippen LogP contribution in [0.2, 0.25) is 5.02 Å². The Kier molecular flexibility index (Phi) is 8.95. The molecule has 7 heteroatoms. The number of aliphatic hydroxyl groups excluding tert-OH is 1. The van der Waals surface area contributed by atoms with Crippen LogP contribution in [0.3, 0.4) is 0 Å². The van der Waals surface area contributed by atoms with E-state index in [2.05, 4.69) is 41.4 Å². The van der Waals surface area contributed by atoms with Crippen molar-refractivity contribution in [3.8, 4) is 11.5 Å². The molecule has 3 rings (SSSR count). The molecule has 2 atom stereocenters. The van der Waals surface area contributed by atoms with Crippen molar-refractivity contribution >= 4 is 17.4 Å².